The lowest BCUT2D eigenvalue weighted by molar-refractivity contribution is 0.0526. The summed E-state index contributed by atoms with van der Waals surface area (Å²) in [6.07, 6.45) is 4.32. The zero-order chi connectivity index (χ0) is 17.9. The van der Waals surface area contributed by atoms with E-state index < -0.39 is 0 Å². The second-order valence-electron chi connectivity index (χ2n) is 5.92. The number of nitriles is 1. The van der Waals surface area contributed by atoms with Crippen LogP contribution < -0.4 is 4.74 Å². The molecule has 1 saturated heterocycles. The third-order valence-electron chi connectivity index (χ3n) is 4.21. The smallest absolute Gasteiger partial charge is 0.254 e. The Hall–Kier alpha value is -3.12. The lowest BCUT2D eigenvalue weighted by atomic mass is 10.1. The Balaban J connectivity index is 1.49. The molecule has 3 heterocycles. The van der Waals surface area contributed by atoms with Crippen molar-refractivity contribution in [2.75, 3.05) is 13.1 Å². The molecule has 0 saturated carbocycles. The second-order valence-corrected chi connectivity index (χ2v) is 6.45. The van der Waals surface area contributed by atoms with E-state index in [0.717, 1.165) is 35.6 Å². The summed E-state index contributed by atoms with van der Waals surface area (Å²) in [5.41, 5.74) is 2.25. The number of hydrogen-bond donors (Lipinski definition) is 0. The molecule has 0 bridgehead atoms. The van der Waals surface area contributed by atoms with E-state index in [-0.39, 0.29) is 23.6 Å². The molecule has 0 N–H and O–H groups in total. The van der Waals surface area contributed by atoms with Gasteiger partial charge in [0.2, 0.25) is 5.69 Å². The number of benzene rings is 1. The summed E-state index contributed by atoms with van der Waals surface area (Å²) in [6.45, 7) is 1.10. The van der Waals surface area contributed by atoms with Crippen LogP contribution in [0, 0.1) is 11.3 Å². The maximum absolute atomic E-state index is 12.8. The van der Waals surface area contributed by atoms with Crippen molar-refractivity contribution in [2.24, 2.45) is 0 Å². The van der Waals surface area contributed by atoms with Crippen LogP contribution in [0.15, 0.2) is 30.6 Å². The molecule has 3 aromatic rings. The minimum Gasteiger partial charge on any atom is -0.470 e. The number of rotatable bonds is 3. The van der Waals surface area contributed by atoms with Crippen LogP contribution in [0.1, 0.15) is 28.9 Å². The van der Waals surface area contributed by atoms with Gasteiger partial charge in [-0.1, -0.05) is 0 Å². The minimum atomic E-state index is -0.221. The fourth-order valence-electron chi connectivity index (χ4n) is 2.96. The molecule has 130 valence electrons. The summed E-state index contributed by atoms with van der Waals surface area (Å²) in [5.74, 6) is 0.150. The van der Waals surface area contributed by atoms with E-state index in [9.17, 15) is 4.79 Å². The zero-order valence-electron chi connectivity index (χ0n) is 13.7. The lowest BCUT2D eigenvalue weighted by Crippen LogP contribution is -2.44. The summed E-state index contributed by atoms with van der Waals surface area (Å²) >= 11 is 1.13. The summed E-state index contributed by atoms with van der Waals surface area (Å²) < 4.78 is 14.2. The average Bonchev–Trinajstić information content (AvgIpc) is 3.16. The van der Waals surface area contributed by atoms with Crippen LogP contribution in [0.25, 0.3) is 11.0 Å². The molecule has 1 aromatic carbocycles. The van der Waals surface area contributed by atoms with Gasteiger partial charge in [0.05, 0.1) is 18.3 Å². The highest BCUT2D eigenvalue weighted by Crippen LogP contribution is 2.21. The summed E-state index contributed by atoms with van der Waals surface area (Å²) in [4.78, 5) is 22.6. The Labute approximate surface area is 153 Å². The molecule has 26 heavy (non-hydrogen) atoms. The zero-order valence-corrected chi connectivity index (χ0v) is 14.5. The Kier molecular flexibility index (Phi) is 4.41. The van der Waals surface area contributed by atoms with Crippen molar-refractivity contribution in [1.82, 2.24) is 23.6 Å². The lowest BCUT2D eigenvalue weighted by Gasteiger charge is -2.32. The summed E-state index contributed by atoms with van der Waals surface area (Å²) in [5, 5.41) is 9.10. The number of piperidine rings is 1. The van der Waals surface area contributed by atoms with Gasteiger partial charge in [-0.05, 0) is 31.0 Å². The van der Waals surface area contributed by atoms with Crippen molar-refractivity contribution in [2.45, 2.75) is 18.9 Å². The van der Waals surface area contributed by atoms with Crippen molar-refractivity contribution in [3.05, 3.63) is 41.9 Å². The SMILES string of the molecule is N#Cc1nccnc1OC1CCCN(C(=O)c2ccc3nsnc3c2)C1. The van der Waals surface area contributed by atoms with E-state index in [1.807, 2.05) is 12.1 Å². The maximum atomic E-state index is 12.8. The number of nitrogens with zero attached hydrogens (tertiary/aromatic N) is 6. The van der Waals surface area contributed by atoms with E-state index >= 15 is 0 Å². The number of aromatic nitrogens is 4. The number of ether oxygens (including phenoxy) is 1. The number of carbonyl (C=O) groups excluding carboxylic acids is 1. The topological polar surface area (TPSA) is 105 Å². The molecule has 1 amide bonds. The molecule has 1 aliphatic rings. The molecule has 1 fully saturated rings. The second kappa shape index (κ2) is 7.01. The highest BCUT2D eigenvalue weighted by atomic mass is 32.1. The van der Waals surface area contributed by atoms with Gasteiger partial charge in [-0.2, -0.15) is 14.0 Å². The highest BCUT2D eigenvalue weighted by Gasteiger charge is 2.27. The quantitative estimate of drug-likeness (QED) is 0.698. The van der Waals surface area contributed by atoms with Crippen LogP contribution in [-0.2, 0) is 0 Å². The van der Waals surface area contributed by atoms with E-state index in [2.05, 4.69) is 18.7 Å². The molecule has 2 aromatic heterocycles. The molecule has 1 aliphatic heterocycles. The third kappa shape index (κ3) is 3.19. The van der Waals surface area contributed by atoms with Crippen LogP contribution in [0.2, 0.25) is 0 Å². The summed E-state index contributed by atoms with van der Waals surface area (Å²) in [7, 11) is 0. The van der Waals surface area contributed by atoms with Gasteiger partial charge in [0.25, 0.3) is 11.8 Å². The number of carbonyl (C=O) groups is 1. The largest absolute Gasteiger partial charge is 0.470 e. The van der Waals surface area contributed by atoms with Crippen molar-refractivity contribution < 1.29 is 9.53 Å². The highest BCUT2D eigenvalue weighted by molar-refractivity contribution is 7.00. The Morgan fingerprint density at radius 2 is 2.12 bits per heavy atom. The van der Waals surface area contributed by atoms with E-state index in [4.69, 9.17) is 10.00 Å². The Morgan fingerprint density at radius 3 is 3.00 bits per heavy atom. The predicted octanol–water partition coefficient (Wildman–Crippen LogP) is 2.04. The molecule has 9 heteroatoms. The number of amides is 1. The monoisotopic (exact) mass is 366 g/mol. The molecular weight excluding hydrogens is 352 g/mol. The van der Waals surface area contributed by atoms with Crippen molar-refractivity contribution in [1.29, 1.82) is 5.26 Å². The molecule has 1 unspecified atom stereocenters. The van der Waals surface area contributed by atoms with Crippen molar-refractivity contribution in [3.8, 4) is 11.9 Å². The first-order valence-electron chi connectivity index (χ1n) is 8.14. The third-order valence-corrected chi connectivity index (χ3v) is 4.77. The average molecular weight is 366 g/mol. The van der Waals surface area contributed by atoms with E-state index in [0.29, 0.717) is 18.7 Å². The fourth-order valence-corrected chi connectivity index (χ4v) is 3.48. The first-order chi connectivity index (χ1) is 12.7. The van der Waals surface area contributed by atoms with Gasteiger partial charge in [-0.25, -0.2) is 9.97 Å². The van der Waals surface area contributed by atoms with Crippen LogP contribution in [0.3, 0.4) is 0 Å². The van der Waals surface area contributed by atoms with Gasteiger partial charge < -0.3 is 9.64 Å². The van der Waals surface area contributed by atoms with Crippen LogP contribution in [0.4, 0.5) is 0 Å². The van der Waals surface area contributed by atoms with Gasteiger partial charge in [0, 0.05) is 24.5 Å². The number of fused-ring (bicyclic) bond motifs is 1. The molecule has 1 atom stereocenters. The van der Waals surface area contributed by atoms with Gasteiger partial charge >= 0.3 is 0 Å². The van der Waals surface area contributed by atoms with Crippen molar-refractivity contribution >= 4 is 28.7 Å². The van der Waals surface area contributed by atoms with Crippen LogP contribution >= 0.6 is 11.7 Å². The van der Waals surface area contributed by atoms with Gasteiger partial charge in [0.15, 0.2) is 0 Å². The molecular formula is C17H14N6O2S. The predicted molar refractivity (Wildman–Crippen MR) is 93.7 cm³/mol. The number of hydrogen-bond acceptors (Lipinski definition) is 8. The molecule has 4 rings (SSSR count). The van der Waals surface area contributed by atoms with Gasteiger partial charge in [-0.3, -0.25) is 4.79 Å². The standard InChI is InChI=1S/C17H14N6O2S/c18-9-15-16(20-6-5-19-15)25-12-2-1-7-23(10-12)17(24)11-3-4-13-14(8-11)22-26-21-13/h3-6,8,12H,1-2,7,10H2. The minimum absolute atomic E-state index is 0.0622. The van der Waals surface area contributed by atoms with Crippen molar-refractivity contribution in [3.63, 3.8) is 0 Å². The molecule has 0 radical (unpaired) electrons. The summed E-state index contributed by atoms with van der Waals surface area (Å²) in [6, 6.07) is 7.31. The Morgan fingerprint density at radius 1 is 1.27 bits per heavy atom. The maximum Gasteiger partial charge on any atom is 0.254 e. The normalized spacial score (nSPS) is 17.0. The molecule has 0 aliphatic carbocycles. The van der Waals surface area contributed by atoms with Crippen LogP contribution in [-0.4, -0.2) is 48.7 Å². The number of likely N-dealkylation sites (tertiary alicyclic amines) is 1. The fraction of sp³-hybridized carbons (Fsp3) is 0.294. The van der Waals surface area contributed by atoms with E-state index in [1.165, 1.54) is 12.4 Å². The molecule has 0 spiro atoms. The molecule has 8 nitrogen and oxygen atoms in total. The van der Waals surface area contributed by atoms with Gasteiger partial charge in [-0.15, -0.1) is 0 Å². The van der Waals surface area contributed by atoms with E-state index in [1.54, 1.807) is 17.0 Å². The first kappa shape index (κ1) is 16.4. The Bertz CT molecular complexity index is 998. The van der Waals surface area contributed by atoms with Gasteiger partial charge in [0.1, 0.15) is 23.2 Å². The van der Waals surface area contributed by atoms with Crippen LogP contribution in [0.5, 0.6) is 5.88 Å². The first-order valence-corrected chi connectivity index (χ1v) is 8.87.